The Bertz CT molecular complexity index is 1390. The minimum atomic E-state index is -5.08. The number of carbonyl (C=O) groups is 2. The lowest BCUT2D eigenvalue weighted by molar-refractivity contribution is -0.192. The molecular weight excluding hydrogens is 512 g/mol. The van der Waals surface area contributed by atoms with Gasteiger partial charge in [0.15, 0.2) is 11.3 Å². The molecule has 2 atom stereocenters. The smallest absolute Gasteiger partial charge is 0.478 e. The molecule has 1 fully saturated rings. The Morgan fingerprint density at radius 1 is 1.16 bits per heavy atom. The number of aromatic carboxylic acids is 1. The van der Waals surface area contributed by atoms with Gasteiger partial charge in [0.2, 0.25) is 0 Å². The van der Waals surface area contributed by atoms with Crippen LogP contribution < -0.4 is 15.6 Å². The Balaban J connectivity index is 0.000000505. The number of aliphatic carboxylic acids is 1. The molecule has 3 aromatic rings. The first-order chi connectivity index (χ1) is 17.8. The SMILES string of the molecule is Cc1cc(C(C)Nc2ccccc2C(=O)O)c2oc(N3CCC[C@H](F)C3)cc(=O)c2c1.O=C(O)C(F)(F)F. The summed E-state index contributed by atoms with van der Waals surface area (Å²) in [6.07, 6.45) is -4.81. The largest absolute Gasteiger partial charge is 0.490 e. The van der Waals surface area contributed by atoms with Gasteiger partial charge in [-0.05, 0) is 50.5 Å². The van der Waals surface area contributed by atoms with Gasteiger partial charge in [0, 0.05) is 23.9 Å². The van der Waals surface area contributed by atoms with E-state index in [0.717, 1.165) is 11.1 Å². The molecule has 0 saturated carbocycles. The Kier molecular flexibility index (Phi) is 8.64. The minimum absolute atomic E-state index is 0.163. The summed E-state index contributed by atoms with van der Waals surface area (Å²) in [6.45, 7) is 4.62. The standard InChI is InChI=1S/C24H25FN2O4.C2HF3O2/c1-14-10-18(15(2)26-20-8-4-3-7-17(20)24(29)30)23-19(11-14)21(28)12-22(31-23)27-9-5-6-16(25)13-27;3-2(4,5)1(6)7/h3-4,7-8,10-12,15-16,26H,5-6,9,13H2,1-2H3,(H,29,30);(H,6,7)/t15?,16-;/m0./s1. The maximum atomic E-state index is 13.9. The fraction of sp³-hybridized carbons (Fsp3) is 0.346. The van der Waals surface area contributed by atoms with Gasteiger partial charge in [-0.3, -0.25) is 4.79 Å². The first-order valence-corrected chi connectivity index (χ1v) is 11.6. The van der Waals surface area contributed by atoms with Crippen LogP contribution in [0.15, 0.2) is 51.7 Å². The highest BCUT2D eigenvalue weighted by Gasteiger charge is 2.38. The first kappa shape index (κ1) is 28.5. The van der Waals surface area contributed by atoms with E-state index in [1.165, 1.54) is 12.1 Å². The van der Waals surface area contributed by atoms with Gasteiger partial charge in [0.25, 0.3) is 0 Å². The number of benzene rings is 2. The van der Waals surface area contributed by atoms with Crippen LogP contribution in [0.1, 0.15) is 47.3 Å². The van der Waals surface area contributed by atoms with Crippen LogP contribution >= 0.6 is 0 Å². The van der Waals surface area contributed by atoms with Gasteiger partial charge in [0.1, 0.15) is 11.8 Å². The van der Waals surface area contributed by atoms with Crippen molar-refractivity contribution in [2.45, 2.75) is 45.1 Å². The zero-order valence-electron chi connectivity index (χ0n) is 20.5. The van der Waals surface area contributed by atoms with Crippen molar-refractivity contribution in [1.82, 2.24) is 0 Å². The van der Waals surface area contributed by atoms with Gasteiger partial charge >= 0.3 is 18.1 Å². The summed E-state index contributed by atoms with van der Waals surface area (Å²) in [5, 5.41) is 20.3. The van der Waals surface area contributed by atoms with E-state index < -0.39 is 24.3 Å². The fourth-order valence-electron chi connectivity index (χ4n) is 4.13. The van der Waals surface area contributed by atoms with E-state index in [1.807, 2.05) is 19.9 Å². The van der Waals surface area contributed by atoms with Gasteiger partial charge in [0.05, 0.1) is 23.5 Å². The van der Waals surface area contributed by atoms with Crippen molar-refractivity contribution >= 4 is 34.5 Å². The highest BCUT2D eigenvalue weighted by atomic mass is 19.4. The molecule has 8 nitrogen and oxygen atoms in total. The van der Waals surface area contributed by atoms with Crippen LogP contribution in [0, 0.1) is 6.92 Å². The molecule has 38 heavy (non-hydrogen) atoms. The van der Waals surface area contributed by atoms with Crippen LogP contribution in [0.3, 0.4) is 0 Å². The fourth-order valence-corrected chi connectivity index (χ4v) is 4.13. The van der Waals surface area contributed by atoms with E-state index in [9.17, 15) is 32.3 Å². The molecule has 1 aliphatic rings. The number of hydrogen-bond acceptors (Lipinski definition) is 6. The quantitative estimate of drug-likeness (QED) is 0.362. The number of halogens is 4. The second-order valence-corrected chi connectivity index (χ2v) is 8.88. The van der Waals surface area contributed by atoms with Crippen molar-refractivity contribution in [3.8, 4) is 0 Å². The Morgan fingerprint density at radius 3 is 2.42 bits per heavy atom. The molecule has 4 rings (SSSR count). The Morgan fingerprint density at radius 2 is 1.82 bits per heavy atom. The van der Waals surface area contributed by atoms with E-state index in [2.05, 4.69) is 5.32 Å². The Hall–Kier alpha value is -4.09. The van der Waals surface area contributed by atoms with Gasteiger partial charge in [-0.1, -0.05) is 18.2 Å². The number of hydrogen-bond donors (Lipinski definition) is 3. The zero-order valence-corrected chi connectivity index (χ0v) is 20.5. The van der Waals surface area contributed by atoms with Crippen LogP contribution in [0.25, 0.3) is 11.0 Å². The zero-order chi connectivity index (χ0) is 28.2. The summed E-state index contributed by atoms with van der Waals surface area (Å²) < 4.78 is 51.8. The average Bonchev–Trinajstić information content (AvgIpc) is 2.84. The Labute approximate surface area is 214 Å². The lowest BCUT2D eigenvalue weighted by Gasteiger charge is -2.29. The molecule has 0 amide bonds. The molecule has 1 unspecified atom stereocenters. The molecule has 2 aromatic carbocycles. The monoisotopic (exact) mass is 538 g/mol. The number of alkyl halides is 4. The predicted molar refractivity (Wildman–Crippen MR) is 133 cm³/mol. The third-order valence-electron chi connectivity index (χ3n) is 5.90. The van der Waals surface area contributed by atoms with Crippen molar-refractivity contribution in [3.05, 3.63) is 69.4 Å². The molecule has 3 N–H and O–H groups in total. The van der Waals surface area contributed by atoms with Gasteiger partial charge in [-0.2, -0.15) is 13.2 Å². The van der Waals surface area contributed by atoms with E-state index in [-0.39, 0.29) is 23.6 Å². The van der Waals surface area contributed by atoms with E-state index in [4.69, 9.17) is 14.3 Å². The first-order valence-electron chi connectivity index (χ1n) is 11.6. The summed E-state index contributed by atoms with van der Waals surface area (Å²) in [5.74, 6) is -3.42. The topological polar surface area (TPSA) is 120 Å². The third kappa shape index (κ3) is 6.81. The lowest BCUT2D eigenvalue weighted by atomic mass is 10.0. The minimum Gasteiger partial charge on any atom is -0.478 e. The molecule has 12 heteroatoms. The number of carboxylic acids is 2. The summed E-state index contributed by atoms with van der Waals surface area (Å²) >= 11 is 0. The molecular formula is C26H26F4N2O6. The number of nitrogens with one attached hydrogen (secondary N) is 1. The predicted octanol–water partition coefficient (Wildman–Crippen LogP) is 5.54. The number of rotatable bonds is 5. The molecule has 0 spiro atoms. The highest BCUT2D eigenvalue weighted by Crippen LogP contribution is 2.31. The maximum absolute atomic E-state index is 13.9. The van der Waals surface area contributed by atoms with Crippen LogP contribution in [0.4, 0.5) is 29.1 Å². The number of piperidine rings is 1. The van der Waals surface area contributed by atoms with Gasteiger partial charge < -0.3 is 24.8 Å². The molecule has 0 aliphatic carbocycles. The summed E-state index contributed by atoms with van der Waals surface area (Å²) in [4.78, 5) is 35.1. The third-order valence-corrected chi connectivity index (χ3v) is 5.90. The second kappa shape index (κ2) is 11.5. The number of carboxylic acid groups (broad SMARTS) is 2. The summed E-state index contributed by atoms with van der Waals surface area (Å²) in [7, 11) is 0. The molecule has 1 saturated heterocycles. The number of aryl methyl sites for hydroxylation is 1. The van der Waals surface area contributed by atoms with Crippen molar-refractivity contribution in [2.24, 2.45) is 0 Å². The van der Waals surface area contributed by atoms with E-state index >= 15 is 0 Å². The van der Waals surface area contributed by atoms with Crippen molar-refractivity contribution in [1.29, 1.82) is 0 Å². The molecule has 2 heterocycles. The van der Waals surface area contributed by atoms with Crippen molar-refractivity contribution in [2.75, 3.05) is 23.3 Å². The van der Waals surface area contributed by atoms with Crippen LogP contribution in [-0.2, 0) is 4.79 Å². The van der Waals surface area contributed by atoms with Crippen molar-refractivity contribution in [3.63, 3.8) is 0 Å². The normalized spacial score (nSPS) is 16.4. The van der Waals surface area contributed by atoms with E-state index in [0.29, 0.717) is 41.9 Å². The molecule has 0 radical (unpaired) electrons. The molecule has 1 aliphatic heterocycles. The average molecular weight is 538 g/mol. The van der Waals surface area contributed by atoms with Crippen LogP contribution in [-0.4, -0.2) is 47.6 Å². The van der Waals surface area contributed by atoms with Crippen LogP contribution in [0.5, 0.6) is 0 Å². The number of nitrogens with zero attached hydrogens (tertiary/aromatic N) is 1. The maximum Gasteiger partial charge on any atom is 0.490 e. The molecule has 0 bridgehead atoms. The van der Waals surface area contributed by atoms with E-state index in [1.54, 1.807) is 29.2 Å². The second-order valence-electron chi connectivity index (χ2n) is 8.88. The number of fused-ring (bicyclic) bond motifs is 1. The molecule has 1 aromatic heterocycles. The highest BCUT2D eigenvalue weighted by molar-refractivity contribution is 5.94. The van der Waals surface area contributed by atoms with Gasteiger partial charge in [-0.15, -0.1) is 0 Å². The van der Waals surface area contributed by atoms with Crippen LogP contribution in [0.2, 0.25) is 0 Å². The number of para-hydroxylation sites is 1. The molecule has 204 valence electrons. The summed E-state index contributed by atoms with van der Waals surface area (Å²) in [6, 6.07) is 11.5. The lowest BCUT2D eigenvalue weighted by Crippen LogP contribution is -2.36. The van der Waals surface area contributed by atoms with Crippen molar-refractivity contribution < 1.29 is 41.8 Å². The van der Waals surface area contributed by atoms with Gasteiger partial charge in [-0.25, -0.2) is 14.0 Å². The summed E-state index contributed by atoms with van der Waals surface area (Å²) in [5.41, 5.74) is 2.53. The number of anilines is 2.